The van der Waals surface area contributed by atoms with Crippen LogP contribution >= 0.6 is 0 Å². The zero-order chi connectivity index (χ0) is 21.8. The van der Waals surface area contributed by atoms with E-state index in [-0.39, 0.29) is 11.7 Å². The Bertz CT molecular complexity index is 1520. The number of hydrogen-bond donors (Lipinski definition) is 1. The number of hydrogen-bond acceptors (Lipinski definition) is 7. The van der Waals surface area contributed by atoms with Crippen LogP contribution in [0.4, 0.5) is 0 Å². The Balaban J connectivity index is 1.51. The van der Waals surface area contributed by atoms with Crippen molar-refractivity contribution < 1.29 is 0 Å². The highest BCUT2D eigenvalue weighted by molar-refractivity contribution is 6.00. The third-order valence-electron chi connectivity index (χ3n) is 6.09. The van der Waals surface area contributed by atoms with Gasteiger partial charge in [0.15, 0.2) is 0 Å². The van der Waals surface area contributed by atoms with Gasteiger partial charge in [0.05, 0.1) is 46.4 Å². The second-order valence-corrected chi connectivity index (χ2v) is 8.12. The molecule has 0 amide bonds. The van der Waals surface area contributed by atoms with Crippen molar-refractivity contribution in [2.45, 2.75) is 12.5 Å². The molecule has 0 aromatic carbocycles. The van der Waals surface area contributed by atoms with Gasteiger partial charge in [0.25, 0.3) is 0 Å². The minimum absolute atomic E-state index is 0.0369. The van der Waals surface area contributed by atoms with Crippen molar-refractivity contribution in [3.8, 4) is 22.6 Å². The minimum atomic E-state index is -0.0369. The van der Waals surface area contributed by atoms with Gasteiger partial charge in [-0.2, -0.15) is 0 Å². The lowest BCUT2D eigenvalue weighted by molar-refractivity contribution is 0.536. The first kappa shape index (κ1) is 18.8. The van der Waals surface area contributed by atoms with E-state index in [1.807, 2.05) is 42.1 Å². The number of pyridine rings is 3. The molecule has 1 aliphatic heterocycles. The number of aromatic nitrogens is 8. The first-order valence-electron chi connectivity index (χ1n) is 10.5. The fraction of sp³-hybridized carbons (Fsp3) is 0.273. The van der Waals surface area contributed by atoms with Crippen LogP contribution in [0, 0.1) is 0 Å². The highest BCUT2D eigenvalue weighted by Crippen LogP contribution is 2.28. The fourth-order valence-electron chi connectivity index (χ4n) is 4.41. The molecule has 1 saturated heterocycles. The molecule has 6 heterocycles. The normalized spacial score (nSPS) is 16.4. The van der Waals surface area contributed by atoms with Crippen LogP contribution in [-0.2, 0) is 14.1 Å². The molecule has 1 aliphatic rings. The molecule has 0 bridgehead atoms. The van der Waals surface area contributed by atoms with Gasteiger partial charge >= 0.3 is 5.69 Å². The van der Waals surface area contributed by atoms with Crippen LogP contribution in [0.2, 0.25) is 0 Å². The van der Waals surface area contributed by atoms with Crippen LogP contribution in [0.1, 0.15) is 12.5 Å². The summed E-state index contributed by atoms with van der Waals surface area (Å²) in [6.07, 6.45) is 6.28. The van der Waals surface area contributed by atoms with E-state index in [4.69, 9.17) is 4.98 Å². The molecular weight excluding hydrogens is 406 g/mol. The van der Waals surface area contributed by atoms with Gasteiger partial charge in [-0.15, -0.1) is 5.10 Å². The van der Waals surface area contributed by atoms with Crippen LogP contribution in [0.25, 0.3) is 44.7 Å². The molecule has 0 spiro atoms. The van der Waals surface area contributed by atoms with Crippen LogP contribution in [0.5, 0.6) is 0 Å². The van der Waals surface area contributed by atoms with Gasteiger partial charge in [0, 0.05) is 32.4 Å². The lowest BCUT2D eigenvalue weighted by atomic mass is 10.1. The quantitative estimate of drug-likeness (QED) is 0.467. The summed E-state index contributed by atoms with van der Waals surface area (Å²) < 4.78 is 5.19. The summed E-state index contributed by atoms with van der Waals surface area (Å²) in [6.45, 7) is 1.68. The number of aryl methyl sites for hydroxylation is 2. The predicted molar refractivity (Wildman–Crippen MR) is 120 cm³/mol. The standard InChI is InChI=1S/C22H21N9O/c1-29-12-18(27-28-29)16-4-3-13(9-24-16)15-5-6-17-20(26-15)21-19(11-25-17)30(2)22(32)31(21)14-7-8-23-10-14/h3-6,9,11-12,14,23H,7-8,10H2,1-2H3/t14-/m0/s1. The number of nitrogens with one attached hydrogen (secondary N) is 1. The predicted octanol–water partition coefficient (Wildman–Crippen LogP) is 1.68. The Morgan fingerprint density at radius 3 is 2.62 bits per heavy atom. The molecule has 5 aromatic rings. The van der Waals surface area contributed by atoms with Crippen molar-refractivity contribution in [1.82, 2.24) is 44.4 Å². The van der Waals surface area contributed by atoms with E-state index in [9.17, 15) is 4.79 Å². The third-order valence-corrected chi connectivity index (χ3v) is 6.09. The van der Waals surface area contributed by atoms with E-state index in [2.05, 4.69) is 25.6 Å². The van der Waals surface area contributed by atoms with Crippen molar-refractivity contribution in [2.24, 2.45) is 14.1 Å². The molecule has 5 aromatic heterocycles. The topological polar surface area (TPSA) is 108 Å². The Morgan fingerprint density at radius 2 is 1.91 bits per heavy atom. The molecule has 1 fully saturated rings. The molecule has 10 nitrogen and oxygen atoms in total. The van der Waals surface area contributed by atoms with E-state index >= 15 is 0 Å². The molecule has 0 aliphatic carbocycles. The molecule has 6 rings (SSSR count). The molecule has 10 heteroatoms. The van der Waals surface area contributed by atoms with Gasteiger partial charge in [0.2, 0.25) is 0 Å². The van der Waals surface area contributed by atoms with E-state index in [1.54, 1.807) is 28.7 Å². The van der Waals surface area contributed by atoms with Gasteiger partial charge < -0.3 is 5.32 Å². The van der Waals surface area contributed by atoms with Crippen molar-refractivity contribution >= 4 is 22.1 Å². The largest absolute Gasteiger partial charge is 0.329 e. The van der Waals surface area contributed by atoms with Gasteiger partial charge in [-0.25, -0.2) is 9.78 Å². The van der Waals surface area contributed by atoms with Crippen molar-refractivity contribution in [3.05, 3.63) is 53.3 Å². The summed E-state index contributed by atoms with van der Waals surface area (Å²) in [5, 5.41) is 11.4. The van der Waals surface area contributed by atoms with Gasteiger partial charge in [-0.3, -0.25) is 23.8 Å². The zero-order valence-electron chi connectivity index (χ0n) is 17.7. The van der Waals surface area contributed by atoms with Gasteiger partial charge in [-0.05, 0) is 37.2 Å². The first-order chi connectivity index (χ1) is 15.6. The Hall–Kier alpha value is -3.92. The summed E-state index contributed by atoms with van der Waals surface area (Å²) in [5.41, 5.74) is 6.19. The molecule has 160 valence electrons. The van der Waals surface area contributed by atoms with Crippen LogP contribution in [0.3, 0.4) is 0 Å². The zero-order valence-corrected chi connectivity index (χ0v) is 17.7. The van der Waals surface area contributed by atoms with Crippen LogP contribution < -0.4 is 11.0 Å². The molecule has 0 radical (unpaired) electrons. The molecule has 32 heavy (non-hydrogen) atoms. The first-order valence-corrected chi connectivity index (χ1v) is 10.5. The summed E-state index contributed by atoms with van der Waals surface area (Å²) in [7, 11) is 3.61. The summed E-state index contributed by atoms with van der Waals surface area (Å²) in [6, 6.07) is 7.87. The Morgan fingerprint density at radius 1 is 1.03 bits per heavy atom. The summed E-state index contributed by atoms with van der Waals surface area (Å²) in [4.78, 5) is 27.1. The average molecular weight is 427 g/mol. The SMILES string of the molecule is Cn1cc(-c2ccc(-c3ccc4ncc5c(c4n3)n([C@H]3CCNC3)c(=O)n5C)cn2)nn1. The maximum absolute atomic E-state index is 13.1. The third kappa shape index (κ3) is 2.83. The smallest absolute Gasteiger partial charge is 0.315 e. The van der Waals surface area contributed by atoms with E-state index in [0.717, 1.165) is 64.2 Å². The molecule has 1 N–H and O–H groups in total. The second-order valence-electron chi connectivity index (χ2n) is 8.12. The number of fused-ring (bicyclic) bond motifs is 3. The highest BCUT2D eigenvalue weighted by Gasteiger charge is 2.24. The van der Waals surface area contributed by atoms with Gasteiger partial charge in [-0.1, -0.05) is 5.21 Å². The van der Waals surface area contributed by atoms with Crippen molar-refractivity contribution in [3.63, 3.8) is 0 Å². The Labute approximate surface area is 182 Å². The van der Waals surface area contributed by atoms with Gasteiger partial charge in [0.1, 0.15) is 11.2 Å². The molecule has 1 atom stereocenters. The van der Waals surface area contributed by atoms with Crippen LogP contribution in [-0.4, -0.2) is 52.2 Å². The monoisotopic (exact) mass is 427 g/mol. The summed E-state index contributed by atoms with van der Waals surface area (Å²) in [5.74, 6) is 0. The molecular formula is C22H21N9O. The second kappa shape index (κ2) is 7.06. The minimum Gasteiger partial charge on any atom is -0.315 e. The molecule has 0 unspecified atom stereocenters. The maximum Gasteiger partial charge on any atom is 0.329 e. The van der Waals surface area contributed by atoms with Crippen molar-refractivity contribution in [2.75, 3.05) is 13.1 Å². The number of nitrogens with zero attached hydrogens (tertiary/aromatic N) is 8. The van der Waals surface area contributed by atoms with Crippen LogP contribution in [0.15, 0.2) is 47.7 Å². The Kier molecular flexibility index (Phi) is 4.15. The van der Waals surface area contributed by atoms with Crippen molar-refractivity contribution in [1.29, 1.82) is 0 Å². The lowest BCUT2D eigenvalue weighted by Gasteiger charge is -2.12. The number of rotatable bonds is 3. The lowest BCUT2D eigenvalue weighted by Crippen LogP contribution is -2.27. The summed E-state index contributed by atoms with van der Waals surface area (Å²) >= 11 is 0. The number of imidazole rings is 1. The fourth-order valence-corrected chi connectivity index (χ4v) is 4.41. The van der Waals surface area contributed by atoms with E-state index in [1.165, 1.54) is 0 Å². The molecule has 0 saturated carbocycles. The highest BCUT2D eigenvalue weighted by atomic mass is 16.1. The maximum atomic E-state index is 13.1. The van der Waals surface area contributed by atoms with E-state index in [0.29, 0.717) is 0 Å². The average Bonchev–Trinajstić information content (AvgIpc) is 3.55. The van der Waals surface area contributed by atoms with E-state index < -0.39 is 0 Å².